The summed E-state index contributed by atoms with van der Waals surface area (Å²) < 4.78 is 1.86. The first-order valence-corrected chi connectivity index (χ1v) is 4.05. The van der Waals surface area contributed by atoms with Crippen molar-refractivity contribution in [3.05, 3.63) is 48.7 Å². The molecule has 0 saturated carbocycles. The van der Waals surface area contributed by atoms with E-state index in [1.54, 1.807) is 6.07 Å². The van der Waals surface area contributed by atoms with E-state index in [2.05, 4.69) is 5.48 Å². The Bertz CT molecular complexity index is 381. The quantitative estimate of drug-likeness (QED) is 0.685. The van der Waals surface area contributed by atoms with E-state index in [0.29, 0.717) is 5.82 Å². The molecule has 0 unspecified atom stereocenters. The SMILES string of the molecule is ONc1cccn1-c1ccccc1. The van der Waals surface area contributed by atoms with Crippen LogP contribution >= 0.6 is 0 Å². The second-order valence-electron chi connectivity index (χ2n) is 2.71. The number of hydrogen-bond donors (Lipinski definition) is 2. The van der Waals surface area contributed by atoms with E-state index in [9.17, 15) is 0 Å². The molecule has 0 aliphatic rings. The zero-order chi connectivity index (χ0) is 9.10. The van der Waals surface area contributed by atoms with Gasteiger partial charge in [-0.25, -0.2) is 0 Å². The van der Waals surface area contributed by atoms with E-state index in [4.69, 9.17) is 5.21 Å². The molecule has 0 saturated heterocycles. The molecular formula is C10H10N2O. The highest BCUT2D eigenvalue weighted by atomic mass is 16.5. The maximum absolute atomic E-state index is 8.80. The Labute approximate surface area is 76.2 Å². The lowest BCUT2D eigenvalue weighted by molar-refractivity contribution is 0.384. The van der Waals surface area contributed by atoms with Crippen molar-refractivity contribution < 1.29 is 5.21 Å². The van der Waals surface area contributed by atoms with Crippen LogP contribution in [0.4, 0.5) is 5.82 Å². The summed E-state index contributed by atoms with van der Waals surface area (Å²) in [6, 6.07) is 13.5. The van der Waals surface area contributed by atoms with Crippen LogP contribution in [0.1, 0.15) is 0 Å². The monoisotopic (exact) mass is 174 g/mol. The van der Waals surface area contributed by atoms with Gasteiger partial charge in [-0.2, -0.15) is 0 Å². The molecule has 2 aromatic rings. The van der Waals surface area contributed by atoms with Gasteiger partial charge in [0.1, 0.15) is 5.82 Å². The topological polar surface area (TPSA) is 37.2 Å². The third kappa shape index (κ3) is 1.41. The molecule has 2 rings (SSSR count). The van der Waals surface area contributed by atoms with Crippen LogP contribution < -0.4 is 5.48 Å². The van der Waals surface area contributed by atoms with Crippen molar-refractivity contribution in [1.82, 2.24) is 4.57 Å². The summed E-state index contributed by atoms with van der Waals surface area (Å²) >= 11 is 0. The molecule has 0 aliphatic carbocycles. The largest absolute Gasteiger partial charge is 0.302 e. The van der Waals surface area contributed by atoms with Crippen molar-refractivity contribution in [2.75, 3.05) is 5.48 Å². The molecule has 0 bridgehead atoms. The van der Waals surface area contributed by atoms with Crippen LogP contribution in [0.2, 0.25) is 0 Å². The van der Waals surface area contributed by atoms with Gasteiger partial charge < -0.3 is 4.57 Å². The molecule has 0 aliphatic heterocycles. The van der Waals surface area contributed by atoms with Gasteiger partial charge in [0.15, 0.2) is 0 Å². The lowest BCUT2D eigenvalue weighted by atomic mass is 10.3. The van der Waals surface area contributed by atoms with Crippen LogP contribution in [0.25, 0.3) is 5.69 Å². The first-order valence-electron chi connectivity index (χ1n) is 4.05. The van der Waals surface area contributed by atoms with Crippen LogP contribution in [0.5, 0.6) is 0 Å². The number of para-hydroxylation sites is 1. The zero-order valence-corrected chi connectivity index (χ0v) is 7.01. The van der Waals surface area contributed by atoms with E-state index in [0.717, 1.165) is 5.69 Å². The maximum atomic E-state index is 8.80. The second-order valence-corrected chi connectivity index (χ2v) is 2.71. The Morgan fingerprint density at radius 1 is 1.00 bits per heavy atom. The Kier molecular flexibility index (Phi) is 2.02. The Morgan fingerprint density at radius 3 is 2.46 bits per heavy atom. The van der Waals surface area contributed by atoms with Crippen LogP contribution in [0, 0.1) is 0 Å². The van der Waals surface area contributed by atoms with Crippen LogP contribution in [0.15, 0.2) is 48.7 Å². The van der Waals surface area contributed by atoms with Crippen molar-refractivity contribution in [2.24, 2.45) is 0 Å². The minimum absolute atomic E-state index is 0.659. The fourth-order valence-corrected chi connectivity index (χ4v) is 1.29. The summed E-state index contributed by atoms with van der Waals surface area (Å²) in [6.45, 7) is 0. The molecule has 0 radical (unpaired) electrons. The van der Waals surface area contributed by atoms with E-state index in [1.807, 2.05) is 47.2 Å². The lowest BCUT2D eigenvalue weighted by Gasteiger charge is -2.06. The summed E-state index contributed by atoms with van der Waals surface area (Å²) in [7, 11) is 0. The first-order chi connectivity index (χ1) is 6.42. The van der Waals surface area contributed by atoms with Gasteiger partial charge in [-0.05, 0) is 24.3 Å². The highest BCUT2D eigenvalue weighted by Crippen LogP contribution is 2.15. The smallest absolute Gasteiger partial charge is 0.134 e. The standard InChI is InChI=1S/C10H10N2O/c13-11-10-7-4-8-12(10)9-5-2-1-3-6-9/h1-8,11,13H. The van der Waals surface area contributed by atoms with Gasteiger partial charge in [0, 0.05) is 11.9 Å². The minimum Gasteiger partial charge on any atom is -0.302 e. The third-order valence-electron chi connectivity index (χ3n) is 1.90. The summed E-state index contributed by atoms with van der Waals surface area (Å²) in [4.78, 5) is 0. The molecule has 66 valence electrons. The molecule has 1 aromatic carbocycles. The van der Waals surface area contributed by atoms with Crippen molar-refractivity contribution >= 4 is 5.82 Å². The van der Waals surface area contributed by atoms with Crippen molar-refractivity contribution in [2.45, 2.75) is 0 Å². The van der Waals surface area contributed by atoms with Crippen molar-refractivity contribution in [3.8, 4) is 5.69 Å². The van der Waals surface area contributed by atoms with E-state index < -0.39 is 0 Å². The first kappa shape index (κ1) is 7.89. The predicted octanol–water partition coefficient (Wildman–Crippen LogP) is 2.28. The summed E-state index contributed by atoms with van der Waals surface area (Å²) in [6.07, 6.45) is 1.88. The molecule has 0 fully saturated rings. The Hall–Kier alpha value is -1.74. The molecule has 3 nitrogen and oxygen atoms in total. The van der Waals surface area contributed by atoms with E-state index in [1.165, 1.54) is 0 Å². The van der Waals surface area contributed by atoms with Crippen molar-refractivity contribution in [1.29, 1.82) is 0 Å². The number of nitrogens with zero attached hydrogens (tertiary/aromatic N) is 1. The highest BCUT2D eigenvalue weighted by Gasteiger charge is 1.99. The summed E-state index contributed by atoms with van der Waals surface area (Å²) in [5.74, 6) is 0.659. The molecule has 0 atom stereocenters. The van der Waals surface area contributed by atoms with Crippen molar-refractivity contribution in [3.63, 3.8) is 0 Å². The number of aromatic nitrogens is 1. The second kappa shape index (κ2) is 3.33. The van der Waals surface area contributed by atoms with Gasteiger partial charge >= 0.3 is 0 Å². The average Bonchev–Trinajstić information content (AvgIpc) is 2.67. The Morgan fingerprint density at radius 2 is 1.77 bits per heavy atom. The molecule has 13 heavy (non-hydrogen) atoms. The van der Waals surface area contributed by atoms with E-state index in [-0.39, 0.29) is 0 Å². The summed E-state index contributed by atoms with van der Waals surface area (Å²) in [5.41, 5.74) is 3.15. The zero-order valence-electron chi connectivity index (χ0n) is 7.01. The number of anilines is 1. The molecular weight excluding hydrogens is 164 g/mol. The normalized spacial score (nSPS) is 9.92. The lowest BCUT2D eigenvalue weighted by Crippen LogP contribution is -1.98. The van der Waals surface area contributed by atoms with E-state index >= 15 is 0 Å². The average molecular weight is 174 g/mol. The molecule has 1 heterocycles. The number of rotatable bonds is 2. The molecule has 0 spiro atoms. The molecule has 2 N–H and O–H groups in total. The maximum Gasteiger partial charge on any atom is 0.134 e. The van der Waals surface area contributed by atoms with Gasteiger partial charge in [0.2, 0.25) is 0 Å². The predicted molar refractivity (Wildman–Crippen MR) is 51.2 cm³/mol. The number of nitrogens with one attached hydrogen (secondary N) is 1. The van der Waals surface area contributed by atoms with Crippen LogP contribution in [-0.4, -0.2) is 9.77 Å². The minimum atomic E-state index is 0.659. The highest BCUT2D eigenvalue weighted by molar-refractivity contribution is 5.45. The van der Waals surface area contributed by atoms with Crippen LogP contribution in [0.3, 0.4) is 0 Å². The fourth-order valence-electron chi connectivity index (χ4n) is 1.29. The van der Waals surface area contributed by atoms with Crippen LogP contribution in [-0.2, 0) is 0 Å². The van der Waals surface area contributed by atoms with Gasteiger partial charge in [-0.3, -0.25) is 10.7 Å². The molecule has 1 aromatic heterocycles. The Balaban J connectivity index is 2.47. The molecule has 3 heteroatoms. The van der Waals surface area contributed by atoms with Gasteiger partial charge in [0.25, 0.3) is 0 Å². The summed E-state index contributed by atoms with van der Waals surface area (Å²) in [5, 5.41) is 8.80. The number of benzene rings is 1. The van der Waals surface area contributed by atoms with Gasteiger partial charge in [0.05, 0.1) is 0 Å². The van der Waals surface area contributed by atoms with Gasteiger partial charge in [-0.15, -0.1) is 0 Å². The van der Waals surface area contributed by atoms with Gasteiger partial charge in [-0.1, -0.05) is 18.2 Å². The number of hydrogen-bond acceptors (Lipinski definition) is 2. The fraction of sp³-hybridized carbons (Fsp3) is 0. The third-order valence-corrected chi connectivity index (χ3v) is 1.90. The molecule has 0 amide bonds.